The van der Waals surface area contributed by atoms with Gasteiger partial charge in [0.25, 0.3) is 5.91 Å². The zero-order chi connectivity index (χ0) is 23.0. The van der Waals surface area contributed by atoms with Gasteiger partial charge in [-0.15, -0.1) is 0 Å². The lowest BCUT2D eigenvalue weighted by Crippen LogP contribution is -2.24. The van der Waals surface area contributed by atoms with Gasteiger partial charge in [0.05, 0.1) is 0 Å². The molecule has 0 atom stereocenters. The molecule has 0 spiro atoms. The first-order valence-corrected chi connectivity index (χ1v) is 14.2. The molecule has 32 heavy (non-hydrogen) atoms. The average molecular weight is 444 g/mol. The van der Waals surface area contributed by atoms with Crippen molar-refractivity contribution in [1.82, 2.24) is 5.32 Å². The predicted molar refractivity (Wildman–Crippen MR) is 141 cm³/mol. The summed E-state index contributed by atoms with van der Waals surface area (Å²) in [4.78, 5) is 11.9. The second-order valence-electron chi connectivity index (χ2n) is 9.69. The van der Waals surface area contributed by atoms with Crippen LogP contribution in [0.5, 0.6) is 0 Å². The van der Waals surface area contributed by atoms with Gasteiger partial charge < -0.3 is 5.32 Å². The fraction of sp³-hybridized carbons (Fsp3) is 0.767. The molecule has 1 aromatic carbocycles. The lowest BCUT2D eigenvalue weighted by Gasteiger charge is -2.05. The molecule has 0 unspecified atom stereocenters. The van der Waals surface area contributed by atoms with E-state index in [1.54, 1.807) is 0 Å². The highest BCUT2D eigenvalue weighted by atomic mass is 16.1. The quantitative estimate of drug-likeness (QED) is 0.168. The number of unbranched alkanes of at least 4 members (excludes halogenated alkanes) is 20. The number of hydrogen-bond donors (Lipinski definition) is 1. The summed E-state index contributed by atoms with van der Waals surface area (Å²) >= 11 is 0. The highest BCUT2D eigenvalue weighted by Crippen LogP contribution is 2.15. The Bertz CT molecular complexity index is 513. The van der Waals surface area contributed by atoms with Crippen molar-refractivity contribution < 1.29 is 4.79 Å². The molecule has 1 rings (SSSR count). The van der Waals surface area contributed by atoms with E-state index in [2.05, 4.69) is 12.2 Å². The zero-order valence-electron chi connectivity index (χ0n) is 21.4. The van der Waals surface area contributed by atoms with Gasteiger partial charge in [0.2, 0.25) is 0 Å². The largest absolute Gasteiger partial charge is 0.352 e. The highest BCUT2D eigenvalue weighted by molar-refractivity contribution is 5.94. The smallest absolute Gasteiger partial charge is 0.251 e. The number of benzene rings is 1. The third-order valence-electron chi connectivity index (χ3n) is 6.60. The third-order valence-corrected chi connectivity index (χ3v) is 6.60. The standard InChI is InChI=1S/C30H53NO/c1-2-3-4-5-6-7-8-9-10-11-12-13-14-15-16-17-18-19-20-21-25-28-31-30(32)29-26-23-22-24-27-29/h22-24,26-27H,2-21,25,28H2,1H3,(H,31,32). The van der Waals surface area contributed by atoms with Crippen LogP contribution in [0.2, 0.25) is 0 Å². The molecule has 0 saturated heterocycles. The van der Waals surface area contributed by atoms with Crippen LogP contribution in [-0.4, -0.2) is 12.5 Å². The fourth-order valence-corrected chi connectivity index (χ4v) is 4.45. The van der Waals surface area contributed by atoms with Crippen molar-refractivity contribution in [3.63, 3.8) is 0 Å². The van der Waals surface area contributed by atoms with Crippen molar-refractivity contribution in [2.45, 2.75) is 142 Å². The van der Waals surface area contributed by atoms with Gasteiger partial charge in [-0.2, -0.15) is 0 Å². The average Bonchev–Trinajstić information content (AvgIpc) is 2.82. The summed E-state index contributed by atoms with van der Waals surface area (Å²) in [5.74, 6) is 0.0544. The van der Waals surface area contributed by atoms with Gasteiger partial charge in [0, 0.05) is 12.1 Å². The van der Waals surface area contributed by atoms with Crippen LogP contribution in [-0.2, 0) is 0 Å². The van der Waals surface area contributed by atoms with Crippen molar-refractivity contribution in [1.29, 1.82) is 0 Å². The number of rotatable bonds is 23. The van der Waals surface area contributed by atoms with Crippen molar-refractivity contribution in [3.8, 4) is 0 Å². The Balaban J connectivity index is 1.70. The Morgan fingerprint density at radius 3 is 1.25 bits per heavy atom. The third kappa shape index (κ3) is 18.3. The first kappa shape index (κ1) is 28.7. The molecule has 1 aromatic rings. The number of amides is 1. The highest BCUT2D eigenvalue weighted by Gasteiger charge is 2.02. The van der Waals surface area contributed by atoms with Crippen LogP contribution in [0.4, 0.5) is 0 Å². The Morgan fingerprint density at radius 1 is 0.531 bits per heavy atom. The lowest BCUT2D eigenvalue weighted by atomic mass is 10.0. The van der Waals surface area contributed by atoms with E-state index in [-0.39, 0.29) is 5.91 Å². The SMILES string of the molecule is CCCCCCCCCCCCCCCCCCCCCCCNC(=O)c1ccccc1. The number of nitrogens with one attached hydrogen (secondary N) is 1. The van der Waals surface area contributed by atoms with Gasteiger partial charge in [-0.1, -0.05) is 154 Å². The monoisotopic (exact) mass is 443 g/mol. The molecular weight excluding hydrogens is 390 g/mol. The summed E-state index contributed by atoms with van der Waals surface area (Å²) in [5.41, 5.74) is 0.760. The van der Waals surface area contributed by atoms with E-state index in [1.807, 2.05) is 30.3 Å². The number of carbonyl (C=O) groups is 1. The van der Waals surface area contributed by atoms with E-state index in [1.165, 1.54) is 128 Å². The van der Waals surface area contributed by atoms with Crippen molar-refractivity contribution in [2.75, 3.05) is 6.54 Å². The van der Waals surface area contributed by atoms with Crippen LogP contribution < -0.4 is 5.32 Å². The molecule has 0 radical (unpaired) electrons. The Kier molecular flexibility index (Phi) is 20.5. The molecule has 0 aromatic heterocycles. The van der Waals surface area contributed by atoms with E-state index in [0.29, 0.717) is 0 Å². The molecule has 184 valence electrons. The number of hydrogen-bond acceptors (Lipinski definition) is 1. The molecule has 0 aliphatic carbocycles. The van der Waals surface area contributed by atoms with Crippen LogP contribution in [0.1, 0.15) is 152 Å². The van der Waals surface area contributed by atoms with Crippen molar-refractivity contribution in [2.24, 2.45) is 0 Å². The summed E-state index contributed by atoms with van der Waals surface area (Å²) < 4.78 is 0. The molecule has 0 heterocycles. The summed E-state index contributed by atoms with van der Waals surface area (Å²) in [5, 5.41) is 3.02. The Hall–Kier alpha value is -1.31. The summed E-state index contributed by atoms with van der Waals surface area (Å²) in [6, 6.07) is 9.50. The normalized spacial score (nSPS) is 11.0. The van der Waals surface area contributed by atoms with Gasteiger partial charge in [-0.25, -0.2) is 0 Å². The maximum absolute atomic E-state index is 11.9. The molecule has 1 N–H and O–H groups in total. The molecule has 0 aliphatic rings. The van der Waals surface area contributed by atoms with E-state index in [4.69, 9.17) is 0 Å². The minimum atomic E-state index is 0.0544. The predicted octanol–water partition coefficient (Wildman–Crippen LogP) is 9.63. The van der Waals surface area contributed by atoms with Crippen LogP contribution in [0, 0.1) is 0 Å². The first-order valence-electron chi connectivity index (χ1n) is 14.2. The molecule has 0 aliphatic heterocycles. The zero-order valence-corrected chi connectivity index (χ0v) is 21.4. The van der Waals surface area contributed by atoms with E-state index < -0.39 is 0 Å². The minimum absolute atomic E-state index is 0.0544. The van der Waals surface area contributed by atoms with Crippen LogP contribution in [0.3, 0.4) is 0 Å². The van der Waals surface area contributed by atoms with Gasteiger partial charge >= 0.3 is 0 Å². The molecular formula is C30H53NO. The summed E-state index contributed by atoms with van der Waals surface area (Å²) in [7, 11) is 0. The van der Waals surface area contributed by atoms with Crippen molar-refractivity contribution >= 4 is 5.91 Å². The fourth-order valence-electron chi connectivity index (χ4n) is 4.45. The van der Waals surface area contributed by atoms with E-state index in [9.17, 15) is 4.79 Å². The lowest BCUT2D eigenvalue weighted by molar-refractivity contribution is 0.0953. The van der Waals surface area contributed by atoms with Crippen LogP contribution >= 0.6 is 0 Å². The van der Waals surface area contributed by atoms with Gasteiger partial charge in [0.15, 0.2) is 0 Å². The van der Waals surface area contributed by atoms with Gasteiger partial charge in [-0.05, 0) is 18.6 Å². The van der Waals surface area contributed by atoms with Gasteiger partial charge in [0.1, 0.15) is 0 Å². The molecule has 0 saturated carbocycles. The molecule has 0 bridgehead atoms. The van der Waals surface area contributed by atoms with E-state index >= 15 is 0 Å². The molecule has 2 nitrogen and oxygen atoms in total. The molecule has 0 fully saturated rings. The Labute approximate surface area is 200 Å². The summed E-state index contributed by atoms with van der Waals surface area (Å²) in [6.45, 7) is 3.09. The van der Waals surface area contributed by atoms with Crippen LogP contribution in [0.25, 0.3) is 0 Å². The summed E-state index contributed by atoms with van der Waals surface area (Å²) in [6.07, 6.45) is 29.5. The molecule has 1 amide bonds. The first-order chi connectivity index (χ1) is 15.8. The topological polar surface area (TPSA) is 29.1 Å². The second-order valence-corrected chi connectivity index (χ2v) is 9.69. The van der Waals surface area contributed by atoms with E-state index in [0.717, 1.165) is 18.5 Å². The molecule has 2 heteroatoms. The van der Waals surface area contributed by atoms with Crippen LogP contribution in [0.15, 0.2) is 30.3 Å². The maximum atomic E-state index is 11.9. The van der Waals surface area contributed by atoms with Gasteiger partial charge in [-0.3, -0.25) is 4.79 Å². The second kappa shape index (κ2) is 22.9. The Morgan fingerprint density at radius 2 is 0.875 bits per heavy atom. The number of carbonyl (C=O) groups excluding carboxylic acids is 1. The van der Waals surface area contributed by atoms with Crippen molar-refractivity contribution in [3.05, 3.63) is 35.9 Å². The minimum Gasteiger partial charge on any atom is -0.352 e. The maximum Gasteiger partial charge on any atom is 0.251 e.